The molecule has 3 N–H and O–H groups in total. The third-order valence-corrected chi connectivity index (χ3v) is 8.74. The Morgan fingerprint density at radius 1 is 0.439 bits per heavy atom. The molecule has 0 aliphatic rings. The van der Waals surface area contributed by atoms with E-state index in [9.17, 15) is 14.4 Å². The summed E-state index contributed by atoms with van der Waals surface area (Å²) in [6.45, 7) is 4.51. The van der Waals surface area contributed by atoms with Crippen LogP contribution in [0.2, 0.25) is 0 Å². The largest absolute Gasteiger partial charge is 0.481 e. The van der Waals surface area contributed by atoms with Crippen molar-refractivity contribution in [2.75, 3.05) is 0 Å². The van der Waals surface area contributed by atoms with Crippen LogP contribution in [0.5, 0.6) is 0 Å². The SMILES string of the molecule is CCCCCCCCCCCCCCCC(=O)C(N)(CCC(=O)O)C(=O)CCCCCCCCCCCCCCC. The Labute approximate surface area is 254 Å². The molecule has 41 heavy (non-hydrogen) atoms. The molecule has 0 unspecified atom stereocenters. The van der Waals surface area contributed by atoms with Crippen LogP contribution in [0.25, 0.3) is 0 Å². The van der Waals surface area contributed by atoms with E-state index in [1.807, 2.05) is 0 Å². The van der Waals surface area contributed by atoms with Crippen LogP contribution in [-0.2, 0) is 14.4 Å². The maximum absolute atomic E-state index is 13.0. The number of unbranched alkanes of at least 4 members (excludes halogenated alkanes) is 24. The van der Waals surface area contributed by atoms with Crippen molar-refractivity contribution in [3.8, 4) is 0 Å². The van der Waals surface area contributed by atoms with Gasteiger partial charge in [-0.15, -0.1) is 0 Å². The van der Waals surface area contributed by atoms with Gasteiger partial charge in [-0.1, -0.05) is 168 Å². The molecule has 0 saturated heterocycles. The molecule has 0 rings (SSSR count). The Kier molecular flexibility index (Phi) is 28.0. The lowest BCUT2D eigenvalue weighted by atomic mass is 9.81. The van der Waals surface area contributed by atoms with E-state index >= 15 is 0 Å². The van der Waals surface area contributed by atoms with Crippen molar-refractivity contribution < 1.29 is 19.5 Å². The summed E-state index contributed by atoms with van der Waals surface area (Å²) in [5, 5.41) is 9.16. The third kappa shape index (κ3) is 24.0. The molecule has 0 aliphatic carbocycles. The molecule has 0 aromatic heterocycles. The van der Waals surface area contributed by atoms with Gasteiger partial charge in [-0.25, -0.2) is 0 Å². The van der Waals surface area contributed by atoms with E-state index in [2.05, 4.69) is 13.8 Å². The van der Waals surface area contributed by atoms with Gasteiger partial charge >= 0.3 is 5.97 Å². The number of Topliss-reactive ketones (excluding diaryl/α,β-unsaturated/α-hetero) is 2. The topological polar surface area (TPSA) is 97.5 Å². The zero-order valence-corrected chi connectivity index (χ0v) is 27.5. The fraction of sp³-hybridized carbons (Fsp3) is 0.917. The number of rotatable bonds is 33. The molecular formula is C36H69NO4. The minimum Gasteiger partial charge on any atom is -0.481 e. The van der Waals surface area contributed by atoms with E-state index < -0.39 is 11.5 Å². The second-order valence-corrected chi connectivity index (χ2v) is 12.7. The van der Waals surface area contributed by atoms with Gasteiger partial charge < -0.3 is 10.8 Å². The van der Waals surface area contributed by atoms with Gasteiger partial charge in [-0.2, -0.15) is 0 Å². The van der Waals surface area contributed by atoms with E-state index in [1.165, 1.54) is 128 Å². The number of aliphatic carboxylic acids is 1. The summed E-state index contributed by atoms with van der Waals surface area (Å²) in [7, 11) is 0. The lowest BCUT2D eigenvalue weighted by molar-refractivity contribution is -0.139. The van der Waals surface area contributed by atoms with E-state index in [4.69, 9.17) is 10.8 Å². The highest BCUT2D eigenvalue weighted by Crippen LogP contribution is 2.22. The first-order valence-corrected chi connectivity index (χ1v) is 18.0. The summed E-state index contributed by atoms with van der Waals surface area (Å²) < 4.78 is 0. The standard InChI is InChI=1S/C36H69NO4/c1-3-5-7-9-11-13-15-17-19-21-23-25-27-29-33(38)36(37,32-31-35(40)41)34(39)30-28-26-24-22-20-18-16-14-12-10-8-6-4-2/h3-32,37H2,1-2H3,(H,40,41). The van der Waals surface area contributed by atoms with Gasteiger partial charge in [0.05, 0.1) is 0 Å². The molecule has 0 aliphatic heterocycles. The number of carboxylic acid groups (broad SMARTS) is 1. The molecule has 0 aromatic carbocycles. The van der Waals surface area contributed by atoms with Crippen molar-refractivity contribution in [2.45, 2.75) is 212 Å². The molecule has 0 amide bonds. The van der Waals surface area contributed by atoms with Crippen molar-refractivity contribution in [3.05, 3.63) is 0 Å². The minimum absolute atomic E-state index is 0.0864. The Hall–Kier alpha value is -1.23. The van der Waals surface area contributed by atoms with Gasteiger partial charge in [-0.3, -0.25) is 14.4 Å². The first-order chi connectivity index (χ1) is 19.9. The van der Waals surface area contributed by atoms with E-state index in [-0.39, 0.29) is 37.2 Å². The highest BCUT2D eigenvalue weighted by molar-refractivity contribution is 6.11. The van der Waals surface area contributed by atoms with Crippen LogP contribution in [0.1, 0.15) is 206 Å². The fourth-order valence-corrected chi connectivity index (χ4v) is 5.79. The number of nitrogens with two attached hydrogens (primary N) is 1. The molecule has 0 bridgehead atoms. The average molecular weight is 580 g/mol. The Morgan fingerprint density at radius 3 is 0.927 bits per heavy atom. The smallest absolute Gasteiger partial charge is 0.303 e. The lowest BCUT2D eigenvalue weighted by Gasteiger charge is -2.26. The predicted octanol–water partition coefficient (Wildman–Crippen LogP) is 10.6. The molecule has 0 aromatic rings. The van der Waals surface area contributed by atoms with Crippen LogP contribution in [0.3, 0.4) is 0 Å². The maximum Gasteiger partial charge on any atom is 0.303 e. The van der Waals surface area contributed by atoms with Gasteiger partial charge in [0.2, 0.25) is 0 Å². The fourth-order valence-electron chi connectivity index (χ4n) is 5.79. The zero-order valence-electron chi connectivity index (χ0n) is 27.5. The molecule has 0 spiro atoms. The van der Waals surface area contributed by atoms with Gasteiger partial charge in [0.15, 0.2) is 11.6 Å². The predicted molar refractivity (Wildman–Crippen MR) is 174 cm³/mol. The van der Waals surface area contributed by atoms with Crippen LogP contribution in [0.4, 0.5) is 0 Å². The Balaban J connectivity index is 4.07. The average Bonchev–Trinajstić information content (AvgIpc) is 2.96. The van der Waals surface area contributed by atoms with Crippen molar-refractivity contribution in [3.63, 3.8) is 0 Å². The molecule has 5 nitrogen and oxygen atoms in total. The van der Waals surface area contributed by atoms with E-state index in [0.717, 1.165) is 38.5 Å². The van der Waals surface area contributed by atoms with Gasteiger partial charge in [-0.05, 0) is 19.3 Å². The number of hydrogen-bond acceptors (Lipinski definition) is 4. The third-order valence-electron chi connectivity index (χ3n) is 8.74. The Bertz CT molecular complexity index is 591. The normalized spacial score (nSPS) is 11.7. The molecule has 5 heteroatoms. The van der Waals surface area contributed by atoms with Gasteiger partial charge in [0.25, 0.3) is 0 Å². The molecule has 0 saturated carbocycles. The second-order valence-electron chi connectivity index (χ2n) is 12.7. The maximum atomic E-state index is 13.0. The summed E-state index contributed by atoms with van der Waals surface area (Å²) in [5.41, 5.74) is 4.73. The first-order valence-electron chi connectivity index (χ1n) is 18.0. The number of carbonyl (C=O) groups excluding carboxylic acids is 2. The molecule has 0 fully saturated rings. The van der Waals surface area contributed by atoms with Crippen molar-refractivity contribution in [1.29, 1.82) is 0 Å². The highest BCUT2D eigenvalue weighted by Gasteiger charge is 2.40. The van der Waals surface area contributed by atoms with Crippen molar-refractivity contribution >= 4 is 17.5 Å². The van der Waals surface area contributed by atoms with Crippen LogP contribution in [-0.4, -0.2) is 28.2 Å². The second kappa shape index (κ2) is 28.9. The number of hydrogen-bond donors (Lipinski definition) is 2. The zero-order chi connectivity index (χ0) is 30.4. The molecule has 0 radical (unpaired) electrons. The monoisotopic (exact) mass is 580 g/mol. The minimum atomic E-state index is -1.63. The highest BCUT2D eigenvalue weighted by atomic mass is 16.4. The first kappa shape index (κ1) is 39.8. The van der Waals surface area contributed by atoms with Crippen molar-refractivity contribution in [2.24, 2.45) is 5.73 Å². The molecule has 242 valence electrons. The van der Waals surface area contributed by atoms with Gasteiger partial charge in [0.1, 0.15) is 5.54 Å². The summed E-state index contributed by atoms with van der Waals surface area (Å²) in [4.78, 5) is 37.2. The summed E-state index contributed by atoms with van der Waals surface area (Å²) in [5.74, 6) is -1.54. The number of ketones is 2. The number of carbonyl (C=O) groups is 3. The number of carboxylic acids is 1. The van der Waals surface area contributed by atoms with E-state index in [0.29, 0.717) is 0 Å². The van der Waals surface area contributed by atoms with Crippen LogP contribution in [0, 0.1) is 0 Å². The Morgan fingerprint density at radius 2 is 0.683 bits per heavy atom. The molecule has 0 heterocycles. The van der Waals surface area contributed by atoms with Crippen LogP contribution < -0.4 is 5.73 Å². The summed E-state index contributed by atoms with van der Waals surface area (Å²) in [6, 6.07) is 0. The van der Waals surface area contributed by atoms with Crippen molar-refractivity contribution in [1.82, 2.24) is 0 Å². The summed E-state index contributed by atoms with van der Waals surface area (Å²) >= 11 is 0. The quantitative estimate of drug-likeness (QED) is 0.0595. The molecular weight excluding hydrogens is 510 g/mol. The van der Waals surface area contributed by atoms with Crippen LogP contribution in [0.15, 0.2) is 0 Å². The summed E-state index contributed by atoms with van der Waals surface area (Å²) in [6.07, 6.45) is 32.2. The molecule has 0 atom stereocenters. The van der Waals surface area contributed by atoms with Gasteiger partial charge in [0, 0.05) is 19.3 Å². The lowest BCUT2D eigenvalue weighted by Crippen LogP contribution is -2.55. The van der Waals surface area contributed by atoms with E-state index in [1.54, 1.807) is 0 Å². The van der Waals surface area contributed by atoms with Crippen LogP contribution >= 0.6 is 0 Å².